The van der Waals surface area contributed by atoms with Crippen LogP contribution in [0.1, 0.15) is 24.8 Å². The fourth-order valence-corrected chi connectivity index (χ4v) is 2.67. The highest BCUT2D eigenvalue weighted by Crippen LogP contribution is 2.20. The molecule has 2 rings (SSSR count). The Morgan fingerprint density at radius 2 is 2.28 bits per heavy atom. The summed E-state index contributed by atoms with van der Waals surface area (Å²) in [6, 6.07) is 7.27. The molecule has 1 aliphatic rings. The molecule has 1 heterocycles. The van der Waals surface area contributed by atoms with Crippen molar-refractivity contribution in [1.29, 1.82) is 5.26 Å². The summed E-state index contributed by atoms with van der Waals surface area (Å²) in [6.45, 7) is 3.73. The fourth-order valence-electron chi connectivity index (χ4n) is 2.49. The van der Waals surface area contributed by atoms with Crippen molar-refractivity contribution < 1.29 is 9.59 Å². The van der Waals surface area contributed by atoms with Crippen molar-refractivity contribution >= 4 is 29.1 Å². The summed E-state index contributed by atoms with van der Waals surface area (Å²) in [4.78, 5) is 25.3. The Morgan fingerprint density at radius 1 is 1.48 bits per heavy atom. The number of aryl methyl sites for hydroxylation is 1. The first-order valence-electron chi connectivity index (χ1n) is 8.20. The van der Waals surface area contributed by atoms with Gasteiger partial charge in [-0.15, -0.1) is 0 Å². The molecule has 0 spiro atoms. The van der Waals surface area contributed by atoms with Crippen LogP contribution in [-0.2, 0) is 9.59 Å². The van der Waals surface area contributed by atoms with Crippen LogP contribution in [0.4, 0.5) is 5.69 Å². The van der Waals surface area contributed by atoms with Crippen LogP contribution in [0.5, 0.6) is 0 Å². The van der Waals surface area contributed by atoms with Gasteiger partial charge in [0.25, 0.3) is 5.91 Å². The summed E-state index contributed by atoms with van der Waals surface area (Å²) in [7, 11) is 0. The van der Waals surface area contributed by atoms with Gasteiger partial charge in [-0.1, -0.05) is 17.7 Å². The molecule has 132 valence electrons. The lowest BCUT2D eigenvalue weighted by Crippen LogP contribution is -2.31. The van der Waals surface area contributed by atoms with Gasteiger partial charge >= 0.3 is 0 Å². The van der Waals surface area contributed by atoms with E-state index in [1.54, 1.807) is 11.0 Å². The van der Waals surface area contributed by atoms with Gasteiger partial charge in [0, 0.05) is 43.0 Å². The average molecular weight is 361 g/mol. The van der Waals surface area contributed by atoms with Crippen LogP contribution in [-0.4, -0.2) is 36.3 Å². The lowest BCUT2D eigenvalue weighted by molar-refractivity contribution is -0.127. The Bertz CT molecular complexity index is 724. The standard InChI is InChI=1S/C18H21ClN4O2/c1-13-5-6-15(10-16(13)19)22-12-14(11-20)18(25)21-7-3-9-23-8-2-4-17(23)24/h5-6,10,12,22H,2-4,7-9H2,1H3,(H,21,25)/b14-12-. The molecule has 0 aliphatic carbocycles. The molecule has 1 saturated heterocycles. The Hall–Kier alpha value is -2.52. The molecule has 0 atom stereocenters. The van der Waals surface area contributed by atoms with Gasteiger partial charge in [-0.25, -0.2) is 0 Å². The van der Waals surface area contributed by atoms with E-state index in [4.69, 9.17) is 16.9 Å². The second-order valence-electron chi connectivity index (χ2n) is 5.87. The van der Waals surface area contributed by atoms with E-state index >= 15 is 0 Å². The van der Waals surface area contributed by atoms with Gasteiger partial charge in [0.1, 0.15) is 11.6 Å². The number of carbonyl (C=O) groups is 2. The SMILES string of the molecule is Cc1ccc(N/C=C(/C#N)C(=O)NCCCN2CCCC2=O)cc1Cl. The molecule has 0 unspecified atom stereocenters. The Labute approximate surface area is 152 Å². The third-order valence-corrected chi connectivity index (χ3v) is 4.39. The van der Waals surface area contributed by atoms with E-state index in [2.05, 4.69) is 10.6 Å². The molecule has 0 aromatic heterocycles. The molecule has 2 N–H and O–H groups in total. The number of nitriles is 1. The molecular formula is C18H21ClN4O2. The number of hydrogen-bond donors (Lipinski definition) is 2. The molecule has 1 aromatic carbocycles. The average Bonchev–Trinajstić information content (AvgIpc) is 3.00. The minimum absolute atomic E-state index is 0.0195. The van der Waals surface area contributed by atoms with Crippen molar-refractivity contribution in [3.63, 3.8) is 0 Å². The molecule has 0 bridgehead atoms. The first-order valence-corrected chi connectivity index (χ1v) is 8.58. The van der Waals surface area contributed by atoms with Crippen molar-refractivity contribution in [2.45, 2.75) is 26.2 Å². The van der Waals surface area contributed by atoms with Gasteiger partial charge in [0.05, 0.1) is 0 Å². The minimum Gasteiger partial charge on any atom is -0.360 e. The topological polar surface area (TPSA) is 85.2 Å². The quantitative estimate of drug-likeness (QED) is 0.444. The maximum absolute atomic E-state index is 12.0. The minimum atomic E-state index is -0.444. The molecule has 7 heteroatoms. The van der Waals surface area contributed by atoms with Crippen molar-refractivity contribution in [2.75, 3.05) is 25.0 Å². The van der Waals surface area contributed by atoms with E-state index in [0.29, 0.717) is 36.6 Å². The monoisotopic (exact) mass is 360 g/mol. The van der Waals surface area contributed by atoms with Gasteiger partial charge in [-0.05, 0) is 37.5 Å². The summed E-state index contributed by atoms with van der Waals surface area (Å²) in [6.07, 6.45) is 3.54. The van der Waals surface area contributed by atoms with E-state index < -0.39 is 5.91 Å². The molecule has 0 radical (unpaired) electrons. The Balaban J connectivity index is 1.80. The first kappa shape index (κ1) is 18.8. The first-order chi connectivity index (χ1) is 12.0. The van der Waals surface area contributed by atoms with Crippen LogP contribution >= 0.6 is 11.6 Å². The van der Waals surface area contributed by atoms with Crippen LogP contribution in [0.25, 0.3) is 0 Å². The molecule has 6 nitrogen and oxygen atoms in total. The van der Waals surface area contributed by atoms with E-state index in [-0.39, 0.29) is 11.5 Å². The van der Waals surface area contributed by atoms with Crippen LogP contribution in [0, 0.1) is 18.3 Å². The molecule has 25 heavy (non-hydrogen) atoms. The summed E-state index contributed by atoms with van der Waals surface area (Å²) in [5.74, 6) is -0.272. The van der Waals surface area contributed by atoms with Crippen molar-refractivity contribution in [2.24, 2.45) is 0 Å². The number of nitrogens with one attached hydrogen (secondary N) is 2. The number of hydrogen-bond acceptors (Lipinski definition) is 4. The highest BCUT2D eigenvalue weighted by molar-refractivity contribution is 6.31. The molecular weight excluding hydrogens is 340 g/mol. The zero-order valence-corrected chi connectivity index (χ0v) is 14.9. The van der Waals surface area contributed by atoms with Gasteiger partial charge in [0.2, 0.25) is 5.91 Å². The van der Waals surface area contributed by atoms with Gasteiger partial charge < -0.3 is 15.5 Å². The summed E-state index contributed by atoms with van der Waals surface area (Å²) in [5.41, 5.74) is 1.63. The zero-order chi connectivity index (χ0) is 18.2. The fraction of sp³-hybridized carbons (Fsp3) is 0.389. The van der Waals surface area contributed by atoms with Crippen molar-refractivity contribution in [1.82, 2.24) is 10.2 Å². The largest absolute Gasteiger partial charge is 0.360 e. The normalized spacial score (nSPS) is 14.4. The number of amides is 2. The molecule has 2 amide bonds. The van der Waals surface area contributed by atoms with Gasteiger partial charge in [-0.3, -0.25) is 9.59 Å². The number of rotatable bonds is 7. The Morgan fingerprint density at radius 3 is 2.92 bits per heavy atom. The lowest BCUT2D eigenvalue weighted by Gasteiger charge is -2.15. The van der Waals surface area contributed by atoms with Crippen LogP contribution < -0.4 is 10.6 Å². The number of halogens is 1. The van der Waals surface area contributed by atoms with Gasteiger partial charge in [-0.2, -0.15) is 5.26 Å². The highest BCUT2D eigenvalue weighted by atomic mass is 35.5. The molecule has 1 fully saturated rings. The zero-order valence-electron chi connectivity index (χ0n) is 14.1. The summed E-state index contributed by atoms with van der Waals surface area (Å²) >= 11 is 6.04. The van der Waals surface area contributed by atoms with Crippen molar-refractivity contribution in [3.8, 4) is 6.07 Å². The second-order valence-corrected chi connectivity index (χ2v) is 6.28. The molecule has 1 aromatic rings. The Kier molecular flexibility index (Phi) is 6.84. The van der Waals surface area contributed by atoms with Crippen LogP contribution in [0.2, 0.25) is 5.02 Å². The summed E-state index contributed by atoms with van der Waals surface area (Å²) in [5, 5.41) is 15.3. The van der Waals surface area contributed by atoms with E-state index in [0.717, 1.165) is 18.5 Å². The van der Waals surface area contributed by atoms with E-state index in [9.17, 15) is 9.59 Å². The second kappa shape index (κ2) is 9.09. The van der Waals surface area contributed by atoms with Gasteiger partial charge in [0.15, 0.2) is 0 Å². The number of likely N-dealkylation sites (tertiary alicyclic amines) is 1. The maximum atomic E-state index is 12.0. The smallest absolute Gasteiger partial charge is 0.263 e. The highest BCUT2D eigenvalue weighted by Gasteiger charge is 2.19. The lowest BCUT2D eigenvalue weighted by atomic mass is 10.2. The van der Waals surface area contributed by atoms with Crippen molar-refractivity contribution in [3.05, 3.63) is 40.6 Å². The molecule has 1 aliphatic heterocycles. The third kappa shape index (κ3) is 5.50. The number of anilines is 1. The number of nitrogens with zero attached hydrogens (tertiary/aromatic N) is 2. The molecule has 0 saturated carbocycles. The predicted octanol–water partition coefficient (Wildman–Crippen LogP) is 2.60. The third-order valence-electron chi connectivity index (χ3n) is 3.98. The summed E-state index contributed by atoms with van der Waals surface area (Å²) < 4.78 is 0. The van der Waals surface area contributed by atoms with E-state index in [1.807, 2.05) is 25.1 Å². The number of carbonyl (C=O) groups excluding carboxylic acids is 2. The van der Waals surface area contributed by atoms with Crippen LogP contribution in [0.3, 0.4) is 0 Å². The maximum Gasteiger partial charge on any atom is 0.263 e. The van der Waals surface area contributed by atoms with E-state index in [1.165, 1.54) is 6.20 Å². The number of benzene rings is 1. The van der Waals surface area contributed by atoms with Crippen LogP contribution in [0.15, 0.2) is 30.0 Å². The predicted molar refractivity (Wildman–Crippen MR) is 96.9 cm³/mol.